The van der Waals surface area contributed by atoms with E-state index >= 15 is 0 Å². The van der Waals surface area contributed by atoms with Crippen LogP contribution in [0, 0.1) is 0 Å². The van der Waals surface area contributed by atoms with Crippen molar-refractivity contribution in [2.24, 2.45) is 5.73 Å². The fourth-order valence-electron chi connectivity index (χ4n) is 2.34. The largest absolute Gasteiger partial charge is 0.467 e. The second-order valence-electron chi connectivity index (χ2n) is 6.01. The van der Waals surface area contributed by atoms with Gasteiger partial charge >= 0.3 is 5.97 Å². The number of methoxy groups -OCH3 is 1. The van der Waals surface area contributed by atoms with Gasteiger partial charge in [-0.15, -0.1) is 0 Å². The molecular formula is C19H25N3O4S2. The molecule has 0 radical (unpaired) electrons. The van der Waals surface area contributed by atoms with E-state index in [1.807, 2.05) is 36.6 Å². The average molecular weight is 424 g/mol. The first-order chi connectivity index (χ1) is 13.5. The number of hydrogen-bond donors (Lipinski definition) is 2. The molecule has 3 N–H and O–H groups in total. The van der Waals surface area contributed by atoms with Crippen molar-refractivity contribution in [1.82, 2.24) is 10.3 Å². The second-order valence-corrected chi connectivity index (χ2v) is 8.02. The second kappa shape index (κ2) is 11.8. The highest BCUT2D eigenvalue weighted by Crippen LogP contribution is 2.17. The van der Waals surface area contributed by atoms with Crippen molar-refractivity contribution >= 4 is 35.4 Å². The molecule has 1 aromatic heterocycles. The number of nitrogens with one attached hydrogen (secondary N) is 1. The molecular weight excluding hydrogens is 398 g/mol. The minimum Gasteiger partial charge on any atom is -0.467 e. The minimum absolute atomic E-state index is 0.0940. The van der Waals surface area contributed by atoms with Gasteiger partial charge in [-0.3, -0.25) is 4.79 Å². The topological polar surface area (TPSA) is 107 Å². The molecule has 0 aliphatic carbocycles. The lowest BCUT2D eigenvalue weighted by Crippen LogP contribution is -2.43. The fraction of sp³-hybridized carbons (Fsp3) is 0.421. The van der Waals surface area contributed by atoms with Gasteiger partial charge in [-0.25, -0.2) is 9.78 Å². The fourth-order valence-corrected chi connectivity index (χ4v) is 3.83. The van der Waals surface area contributed by atoms with Gasteiger partial charge in [0.25, 0.3) is 5.91 Å². The van der Waals surface area contributed by atoms with Crippen LogP contribution in [0.25, 0.3) is 0 Å². The molecule has 2 rings (SSSR count). The van der Waals surface area contributed by atoms with Crippen LogP contribution >= 0.6 is 23.5 Å². The van der Waals surface area contributed by atoms with Crippen molar-refractivity contribution in [3.63, 3.8) is 0 Å². The Kier molecular flexibility index (Phi) is 9.39. The molecule has 2 unspecified atom stereocenters. The van der Waals surface area contributed by atoms with Crippen molar-refractivity contribution in [1.29, 1.82) is 0 Å². The number of carbonyl (C=O) groups excluding carboxylic acids is 2. The maximum Gasteiger partial charge on any atom is 0.329 e. The normalized spacial score (nSPS) is 13.0. The van der Waals surface area contributed by atoms with E-state index in [1.54, 1.807) is 11.8 Å². The minimum atomic E-state index is -0.781. The van der Waals surface area contributed by atoms with E-state index in [0.717, 1.165) is 17.1 Å². The van der Waals surface area contributed by atoms with E-state index in [4.69, 9.17) is 14.9 Å². The molecule has 0 saturated heterocycles. The number of rotatable bonds is 11. The van der Waals surface area contributed by atoms with Crippen LogP contribution in [0.3, 0.4) is 0 Å². The standard InChI is InChI=1S/C19H25N3O4S2/c1-25-19(24)16(12-28-11-13-6-4-3-5-7-13)21-17(23)15-10-26-18(22-15)14(20)8-9-27-2/h3-7,10,14,16H,8-9,11-12,20H2,1-2H3,(H,21,23). The maximum absolute atomic E-state index is 12.5. The zero-order valence-electron chi connectivity index (χ0n) is 15.9. The predicted molar refractivity (Wildman–Crippen MR) is 112 cm³/mol. The highest BCUT2D eigenvalue weighted by atomic mass is 32.2. The molecule has 0 fully saturated rings. The number of oxazole rings is 1. The van der Waals surface area contributed by atoms with Gasteiger partial charge in [-0.2, -0.15) is 23.5 Å². The molecule has 1 heterocycles. The number of aromatic nitrogens is 1. The number of carbonyl (C=O) groups is 2. The number of thioether (sulfide) groups is 2. The maximum atomic E-state index is 12.5. The third-order valence-corrected chi connectivity index (χ3v) is 5.64. The molecule has 0 aliphatic rings. The lowest BCUT2D eigenvalue weighted by atomic mass is 10.2. The third kappa shape index (κ3) is 6.88. The van der Waals surface area contributed by atoms with Crippen molar-refractivity contribution in [3.05, 3.63) is 53.7 Å². The van der Waals surface area contributed by atoms with E-state index in [0.29, 0.717) is 18.1 Å². The number of nitrogens with two attached hydrogens (primary N) is 1. The Morgan fingerprint density at radius 1 is 1.32 bits per heavy atom. The van der Waals surface area contributed by atoms with Crippen molar-refractivity contribution in [2.45, 2.75) is 24.3 Å². The molecule has 1 amide bonds. The van der Waals surface area contributed by atoms with Crippen LogP contribution < -0.4 is 11.1 Å². The Morgan fingerprint density at radius 3 is 2.75 bits per heavy atom. The average Bonchev–Trinajstić information content (AvgIpc) is 3.22. The molecule has 2 aromatic rings. The molecule has 1 aromatic carbocycles. The molecule has 0 aliphatic heterocycles. The van der Waals surface area contributed by atoms with Crippen LogP contribution in [0.4, 0.5) is 0 Å². The van der Waals surface area contributed by atoms with Crippen LogP contribution in [-0.4, -0.2) is 47.8 Å². The van der Waals surface area contributed by atoms with Crippen LogP contribution in [-0.2, 0) is 15.3 Å². The van der Waals surface area contributed by atoms with Crippen LogP contribution in [0.15, 0.2) is 41.0 Å². The molecule has 7 nitrogen and oxygen atoms in total. The molecule has 9 heteroatoms. The highest BCUT2D eigenvalue weighted by Gasteiger charge is 2.24. The van der Waals surface area contributed by atoms with Crippen LogP contribution in [0.1, 0.15) is 34.4 Å². The SMILES string of the molecule is COC(=O)C(CSCc1ccccc1)NC(=O)c1coc(C(N)CCSC)n1. The van der Waals surface area contributed by atoms with Gasteiger partial charge in [0.1, 0.15) is 12.3 Å². The molecule has 152 valence electrons. The Balaban J connectivity index is 1.93. The Morgan fingerprint density at radius 2 is 2.07 bits per heavy atom. The van der Waals surface area contributed by atoms with Gasteiger partial charge in [0, 0.05) is 11.5 Å². The summed E-state index contributed by atoms with van der Waals surface area (Å²) in [4.78, 5) is 28.7. The number of esters is 1. The molecule has 28 heavy (non-hydrogen) atoms. The third-order valence-electron chi connectivity index (χ3n) is 3.89. The Bertz CT molecular complexity index is 755. The summed E-state index contributed by atoms with van der Waals surface area (Å²) < 4.78 is 10.1. The Hall–Kier alpha value is -1.97. The number of ether oxygens (including phenoxy) is 1. The number of hydrogen-bond acceptors (Lipinski definition) is 8. The summed E-state index contributed by atoms with van der Waals surface area (Å²) in [6.45, 7) is 0. The summed E-state index contributed by atoms with van der Waals surface area (Å²) in [5.41, 5.74) is 7.24. The first-order valence-corrected chi connectivity index (χ1v) is 11.3. The predicted octanol–water partition coefficient (Wildman–Crippen LogP) is 2.63. The molecule has 0 saturated carbocycles. The summed E-state index contributed by atoms with van der Waals surface area (Å²) in [6.07, 6.45) is 3.95. The van der Waals surface area contributed by atoms with Gasteiger partial charge in [0.05, 0.1) is 13.2 Å². The first kappa shape index (κ1) is 22.3. The van der Waals surface area contributed by atoms with E-state index in [9.17, 15) is 9.59 Å². The smallest absolute Gasteiger partial charge is 0.329 e. The zero-order valence-corrected chi connectivity index (χ0v) is 17.6. The van der Waals surface area contributed by atoms with Crippen LogP contribution in [0.5, 0.6) is 0 Å². The van der Waals surface area contributed by atoms with E-state index in [1.165, 1.54) is 25.1 Å². The molecule has 2 atom stereocenters. The summed E-state index contributed by atoms with van der Waals surface area (Å²) in [5.74, 6) is 1.28. The van der Waals surface area contributed by atoms with Gasteiger partial charge in [-0.1, -0.05) is 30.3 Å². The van der Waals surface area contributed by atoms with Crippen LogP contribution in [0.2, 0.25) is 0 Å². The monoisotopic (exact) mass is 423 g/mol. The van der Waals surface area contributed by atoms with Gasteiger partial charge in [0.2, 0.25) is 5.89 Å². The quantitative estimate of drug-likeness (QED) is 0.531. The van der Waals surface area contributed by atoms with Crippen molar-refractivity contribution in [2.75, 3.05) is 24.9 Å². The summed E-state index contributed by atoms with van der Waals surface area (Å²) in [6, 6.07) is 8.74. The first-order valence-electron chi connectivity index (χ1n) is 8.75. The van der Waals surface area contributed by atoms with Crippen molar-refractivity contribution in [3.8, 4) is 0 Å². The summed E-state index contributed by atoms with van der Waals surface area (Å²) in [7, 11) is 1.29. The zero-order chi connectivity index (χ0) is 20.4. The Labute approximate surface area is 173 Å². The van der Waals surface area contributed by atoms with E-state index in [-0.39, 0.29) is 11.7 Å². The van der Waals surface area contributed by atoms with Gasteiger partial charge in [0.15, 0.2) is 5.69 Å². The van der Waals surface area contributed by atoms with Gasteiger partial charge < -0.3 is 20.2 Å². The molecule has 0 spiro atoms. The summed E-state index contributed by atoms with van der Waals surface area (Å²) in [5, 5.41) is 2.66. The lowest BCUT2D eigenvalue weighted by Gasteiger charge is -2.15. The van der Waals surface area contributed by atoms with Gasteiger partial charge in [-0.05, 0) is 24.0 Å². The van der Waals surface area contributed by atoms with E-state index < -0.39 is 17.9 Å². The number of benzene rings is 1. The van der Waals surface area contributed by atoms with E-state index in [2.05, 4.69) is 10.3 Å². The molecule has 0 bridgehead atoms. The highest BCUT2D eigenvalue weighted by molar-refractivity contribution is 7.98. The lowest BCUT2D eigenvalue weighted by molar-refractivity contribution is -0.142. The number of amides is 1. The number of nitrogens with zero attached hydrogens (tertiary/aromatic N) is 1. The van der Waals surface area contributed by atoms with Crippen molar-refractivity contribution < 1.29 is 18.7 Å². The summed E-state index contributed by atoms with van der Waals surface area (Å²) >= 11 is 3.21.